The van der Waals surface area contributed by atoms with Crippen molar-refractivity contribution in [1.82, 2.24) is 5.32 Å². The van der Waals surface area contributed by atoms with Gasteiger partial charge in [0.05, 0.1) is 0 Å². The summed E-state index contributed by atoms with van der Waals surface area (Å²) < 4.78 is 0. The fourth-order valence-corrected chi connectivity index (χ4v) is 3.74. The third-order valence-corrected chi connectivity index (χ3v) is 4.72. The highest BCUT2D eigenvalue weighted by Crippen LogP contribution is 2.46. The van der Waals surface area contributed by atoms with Crippen molar-refractivity contribution in [1.29, 1.82) is 0 Å². The van der Waals surface area contributed by atoms with E-state index >= 15 is 0 Å². The number of nitrogens with one attached hydrogen (secondary N) is 1. The van der Waals surface area contributed by atoms with E-state index in [9.17, 15) is 4.79 Å². The highest BCUT2D eigenvalue weighted by molar-refractivity contribution is 5.80. The summed E-state index contributed by atoms with van der Waals surface area (Å²) in [6.07, 6.45) is 8.12. The van der Waals surface area contributed by atoms with Gasteiger partial charge in [0, 0.05) is 12.5 Å². The summed E-state index contributed by atoms with van der Waals surface area (Å²) in [6, 6.07) is 10.9. The van der Waals surface area contributed by atoms with Crippen molar-refractivity contribution in [3.8, 4) is 0 Å². The van der Waals surface area contributed by atoms with Gasteiger partial charge < -0.3 is 5.32 Å². The van der Waals surface area contributed by atoms with E-state index in [2.05, 4.69) is 29.6 Å². The van der Waals surface area contributed by atoms with Gasteiger partial charge in [-0.1, -0.05) is 49.6 Å². The Labute approximate surface area is 109 Å². The number of hydrogen-bond donors (Lipinski definition) is 1. The molecule has 1 amide bonds. The SMILES string of the molecule is O=C1CC2(CCCCC2)C(Cc2ccccc2)N1. The molecular weight excluding hydrogens is 222 g/mol. The molecule has 1 aromatic carbocycles. The van der Waals surface area contributed by atoms with Gasteiger partial charge in [-0.2, -0.15) is 0 Å². The van der Waals surface area contributed by atoms with Gasteiger partial charge in [-0.25, -0.2) is 0 Å². The average molecular weight is 243 g/mol. The summed E-state index contributed by atoms with van der Waals surface area (Å²) in [5.41, 5.74) is 1.60. The van der Waals surface area contributed by atoms with Gasteiger partial charge in [0.1, 0.15) is 0 Å². The van der Waals surface area contributed by atoms with Gasteiger partial charge in [0.15, 0.2) is 0 Å². The molecule has 1 saturated heterocycles. The first-order chi connectivity index (χ1) is 8.78. The van der Waals surface area contributed by atoms with Crippen LogP contribution in [0.3, 0.4) is 0 Å². The van der Waals surface area contributed by atoms with Crippen molar-refractivity contribution < 1.29 is 4.79 Å². The lowest BCUT2D eigenvalue weighted by Gasteiger charge is -2.37. The summed E-state index contributed by atoms with van der Waals surface area (Å²) in [5.74, 6) is 0.262. The summed E-state index contributed by atoms with van der Waals surface area (Å²) >= 11 is 0. The molecule has 1 heterocycles. The van der Waals surface area contributed by atoms with Crippen molar-refractivity contribution in [2.75, 3.05) is 0 Å². The van der Waals surface area contributed by atoms with Crippen molar-refractivity contribution in [2.45, 2.75) is 51.0 Å². The first-order valence-electron chi connectivity index (χ1n) is 7.12. The van der Waals surface area contributed by atoms with Gasteiger partial charge in [0.2, 0.25) is 5.91 Å². The Bertz CT molecular complexity index is 420. The lowest BCUT2D eigenvalue weighted by Crippen LogP contribution is -2.40. The Hall–Kier alpha value is -1.31. The second-order valence-electron chi connectivity index (χ2n) is 5.91. The molecule has 1 atom stereocenters. The molecule has 2 aliphatic rings. The Morgan fingerprint density at radius 1 is 1.11 bits per heavy atom. The summed E-state index contributed by atoms with van der Waals surface area (Å²) in [4.78, 5) is 11.8. The van der Waals surface area contributed by atoms with E-state index in [0.29, 0.717) is 6.04 Å². The van der Waals surface area contributed by atoms with Gasteiger partial charge in [-0.15, -0.1) is 0 Å². The highest BCUT2D eigenvalue weighted by Gasteiger charge is 2.46. The molecule has 3 rings (SSSR count). The van der Waals surface area contributed by atoms with Crippen LogP contribution in [0.4, 0.5) is 0 Å². The van der Waals surface area contributed by atoms with E-state index in [0.717, 1.165) is 12.8 Å². The van der Waals surface area contributed by atoms with Crippen LogP contribution in [0.25, 0.3) is 0 Å². The maximum atomic E-state index is 11.8. The molecule has 1 aliphatic heterocycles. The molecule has 18 heavy (non-hydrogen) atoms. The van der Waals surface area contributed by atoms with Gasteiger partial charge in [-0.3, -0.25) is 4.79 Å². The molecule has 0 aromatic heterocycles. The lowest BCUT2D eigenvalue weighted by molar-refractivity contribution is -0.119. The van der Waals surface area contributed by atoms with Gasteiger partial charge in [-0.05, 0) is 30.2 Å². The van der Waals surface area contributed by atoms with E-state index in [-0.39, 0.29) is 11.3 Å². The van der Waals surface area contributed by atoms with Gasteiger partial charge in [0.25, 0.3) is 0 Å². The molecule has 1 aromatic rings. The number of benzene rings is 1. The lowest BCUT2D eigenvalue weighted by atomic mass is 9.68. The minimum Gasteiger partial charge on any atom is -0.352 e. The third-order valence-electron chi connectivity index (χ3n) is 4.72. The van der Waals surface area contributed by atoms with Crippen molar-refractivity contribution in [3.05, 3.63) is 35.9 Å². The second-order valence-corrected chi connectivity index (χ2v) is 5.91. The highest BCUT2D eigenvalue weighted by atomic mass is 16.2. The van der Waals surface area contributed by atoms with Crippen LogP contribution in [0.1, 0.15) is 44.1 Å². The number of hydrogen-bond acceptors (Lipinski definition) is 1. The molecule has 1 aliphatic carbocycles. The Kier molecular flexibility index (Phi) is 3.11. The van der Waals surface area contributed by atoms with Crippen molar-refractivity contribution >= 4 is 5.91 Å². The minimum atomic E-state index is 0.255. The van der Waals surface area contributed by atoms with Crippen LogP contribution < -0.4 is 5.32 Å². The van der Waals surface area contributed by atoms with Crippen LogP contribution in [0, 0.1) is 5.41 Å². The zero-order valence-corrected chi connectivity index (χ0v) is 10.8. The predicted octanol–water partition coefficient (Wildman–Crippen LogP) is 3.07. The second kappa shape index (κ2) is 4.75. The Balaban J connectivity index is 1.79. The molecular formula is C16H21NO. The number of rotatable bonds is 2. The minimum absolute atomic E-state index is 0.255. The summed E-state index contributed by atoms with van der Waals surface area (Å²) in [5, 5.41) is 3.22. The average Bonchev–Trinajstić information content (AvgIpc) is 2.67. The molecule has 1 saturated carbocycles. The van der Waals surface area contributed by atoms with Crippen molar-refractivity contribution in [2.24, 2.45) is 5.41 Å². The maximum Gasteiger partial charge on any atom is 0.220 e. The molecule has 2 heteroatoms. The number of carbonyl (C=O) groups excluding carboxylic acids is 1. The van der Waals surface area contributed by atoms with E-state index in [1.807, 2.05) is 6.07 Å². The van der Waals surface area contributed by atoms with Crippen LogP contribution in [-0.2, 0) is 11.2 Å². The summed E-state index contributed by atoms with van der Waals surface area (Å²) in [6.45, 7) is 0. The monoisotopic (exact) mass is 243 g/mol. The molecule has 0 radical (unpaired) electrons. The number of amides is 1. The first-order valence-corrected chi connectivity index (χ1v) is 7.12. The van der Waals surface area contributed by atoms with Gasteiger partial charge >= 0.3 is 0 Å². The van der Waals surface area contributed by atoms with Crippen molar-refractivity contribution in [3.63, 3.8) is 0 Å². The molecule has 1 N–H and O–H groups in total. The van der Waals surface area contributed by atoms with Crippen LogP contribution in [0.2, 0.25) is 0 Å². The maximum absolute atomic E-state index is 11.8. The van der Waals surface area contributed by atoms with Crippen LogP contribution in [-0.4, -0.2) is 11.9 Å². The normalized spacial score (nSPS) is 26.2. The largest absolute Gasteiger partial charge is 0.352 e. The predicted molar refractivity (Wildman–Crippen MR) is 72.2 cm³/mol. The van der Waals surface area contributed by atoms with Crippen LogP contribution >= 0.6 is 0 Å². The zero-order chi connectivity index (χ0) is 12.4. The zero-order valence-electron chi connectivity index (χ0n) is 10.8. The Morgan fingerprint density at radius 3 is 2.56 bits per heavy atom. The first kappa shape index (κ1) is 11.8. The molecule has 1 unspecified atom stereocenters. The third kappa shape index (κ3) is 2.16. The quantitative estimate of drug-likeness (QED) is 0.849. The topological polar surface area (TPSA) is 29.1 Å². The fraction of sp³-hybridized carbons (Fsp3) is 0.562. The molecule has 96 valence electrons. The standard InChI is InChI=1S/C16H21NO/c18-15-12-16(9-5-2-6-10-16)14(17-15)11-13-7-3-1-4-8-13/h1,3-4,7-8,14H,2,5-6,9-12H2,(H,17,18). The summed E-state index contributed by atoms with van der Waals surface area (Å²) in [7, 11) is 0. The van der Waals surface area contributed by atoms with E-state index in [1.165, 1.54) is 37.7 Å². The molecule has 2 nitrogen and oxygen atoms in total. The van der Waals surface area contributed by atoms with Crippen LogP contribution in [0.5, 0.6) is 0 Å². The number of carbonyl (C=O) groups is 1. The van der Waals surface area contributed by atoms with E-state index in [1.54, 1.807) is 0 Å². The molecule has 2 fully saturated rings. The van der Waals surface area contributed by atoms with Crippen LogP contribution in [0.15, 0.2) is 30.3 Å². The molecule has 0 bridgehead atoms. The van der Waals surface area contributed by atoms with E-state index < -0.39 is 0 Å². The van der Waals surface area contributed by atoms with E-state index in [4.69, 9.17) is 0 Å². The molecule has 1 spiro atoms. The smallest absolute Gasteiger partial charge is 0.220 e. The Morgan fingerprint density at radius 2 is 1.83 bits per heavy atom. The fourth-order valence-electron chi connectivity index (χ4n) is 3.74.